The van der Waals surface area contributed by atoms with Crippen molar-refractivity contribution in [1.82, 2.24) is 14.9 Å². The lowest BCUT2D eigenvalue weighted by Crippen LogP contribution is -2.38. The summed E-state index contributed by atoms with van der Waals surface area (Å²) in [5.41, 5.74) is 2.49. The summed E-state index contributed by atoms with van der Waals surface area (Å²) in [5.74, 6) is 0.752. The van der Waals surface area contributed by atoms with Crippen LogP contribution in [0.3, 0.4) is 0 Å². The molecule has 0 spiro atoms. The van der Waals surface area contributed by atoms with Crippen molar-refractivity contribution >= 4 is 5.95 Å². The maximum atomic E-state index is 4.32. The summed E-state index contributed by atoms with van der Waals surface area (Å²) in [7, 11) is 0. The third-order valence-corrected chi connectivity index (χ3v) is 3.95. The second-order valence-electron chi connectivity index (χ2n) is 5.76. The molecule has 1 N–H and O–H groups in total. The van der Waals surface area contributed by atoms with Crippen LogP contribution in [0.1, 0.15) is 24.0 Å². The maximum Gasteiger partial charge on any atom is 0.222 e. The molecule has 1 saturated heterocycles. The SMILES string of the molecule is Cc1cnc(NC2CCN(Cc3ccccc3)CC2)nc1. The van der Waals surface area contributed by atoms with E-state index in [2.05, 4.69) is 50.5 Å². The number of likely N-dealkylation sites (tertiary alicyclic amines) is 1. The van der Waals surface area contributed by atoms with Crippen LogP contribution >= 0.6 is 0 Å². The summed E-state index contributed by atoms with van der Waals surface area (Å²) >= 11 is 0. The van der Waals surface area contributed by atoms with Crippen molar-refractivity contribution in [3.05, 3.63) is 53.9 Å². The normalized spacial score (nSPS) is 16.8. The number of piperidine rings is 1. The molecule has 0 amide bonds. The molecule has 1 aliphatic heterocycles. The lowest BCUT2D eigenvalue weighted by molar-refractivity contribution is 0.211. The van der Waals surface area contributed by atoms with E-state index >= 15 is 0 Å². The molecule has 1 fully saturated rings. The highest BCUT2D eigenvalue weighted by Gasteiger charge is 2.19. The second kappa shape index (κ2) is 6.68. The van der Waals surface area contributed by atoms with Gasteiger partial charge in [-0.1, -0.05) is 30.3 Å². The van der Waals surface area contributed by atoms with Gasteiger partial charge in [0.05, 0.1) is 0 Å². The number of anilines is 1. The summed E-state index contributed by atoms with van der Waals surface area (Å²) in [6.07, 6.45) is 6.01. The fourth-order valence-corrected chi connectivity index (χ4v) is 2.73. The van der Waals surface area contributed by atoms with Crippen LogP contribution in [0, 0.1) is 6.92 Å². The molecule has 4 nitrogen and oxygen atoms in total. The summed E-state index contributed by atoms with van der Waals surface area (Å²) in [6.45, 7) is 5.30. The monoisotopic (exact) mass is 282 g/mol. The van der Waals surface area contributed by atoms with Crippen LogP contribution < -0.4 is 5.32 Å². The zero-order chi connectivity index (χ0) is 14.5. The van der Waals surface area contributed by atoms with E-state index in [0.717, 1.165) is 44.0 Å². The molecule has 0 bridgehead atoms. The molecule has 0 aliphatic carbocycles. The number of hydrogen-bond donors (Lipinski definition) is 1. The molecule has 1 aromatic carbocycles. The first-order valence-electron chi connectivity index (χ1n) is 7.61. The zero-order valence-electron chi connectivity index (χ0n) is 12.5. The van der Waals surface area contributed by atoms with Crippen LogP contribution in [-0.2, 0) is 6.54 Å². The van der Waals surface area contributed by atoms with Crippen LogP contribution in [0.15, 0.2) is 42.7 Å². The third kappa shape index (κ3) is 4.02. The largest absolute Gasteiger partial charge is 0.351 e. The van der Waals surface area contributed by atoms with Gasteiger partial charge >= 0.3 is 0 Å². The van der Waals surface area contributed by atoms with Crippen LogP contribution in [0.4, 0.5) is 5.95 Å². The summed E-state index contributed by atoms with van der Waals surface area (Å²) < 4.78 is 0. The van der Waals surface area contributed by atoms with Gasteiger partial charge in [-0.15, -0.1) is 0 Å². The Kier molecular flexibility index (Phi) is 4.46. The van der Waals surface area contributed by atoms with E-state index in [1.807, 2.05) is 19.3 Å². The number of rotatable bonds is 4. The van der Waals surface area contributed by atoms with E-state index in [-0.39, 0.29) is 0 Å². The van der Waals surface area contributed by atoms with Gasteiger partial charge in [-0.2, -0.15) is 0 Å². The Morgan fingerprint density at radius 3 is 2.43 bits per heavy atom. The Hall–Kier alpha value is -1.94. The van der Waals surface area contributed by atoms with E-state index in [4.69, 9.17) is 0 Å². The Labute approximate surface area is 126 Å². The van der Waals surface area contributed by atoms with Crippen molar-refractivity contribution in [3.63, 3.8) is 0 Å². The van der Waals surface area contributed by atoms with Crippen molar-refractivity contribution in [2.45, 2.75) is 32.4 Å². The molecule has 3 rings (SSSR count). The molecule has 21 heavy (non-hydrogen) atoms. The lowest BCUT2D eigenvalue weighted by Gasteiger charge is -2.32. The number of benzene rings is 1. The average Bonchev–Trinajstić information content (AvgIpc) is 2.53. The smallest absolute Gasteiger partial charge is 0.222 e. The molecule has 2 heterocycles. The van der Waals surface area contributed by atoms with Gasteiger partial charge in [0, 0.05) is 38.1 Å². The van der Waals surface area contributed by atoms with E-state index in [9.17, 15) is 0 Å². The average molecular weight is 282 g/mol. The van der Waals surface area contributed by atoms with Crippen molar-refractivity contribution in [2.75, 3.05) is 18.4 Å². The van der Waals surface area contributed by atoms with Gasteiger partial charge < -0.3 is 5.32 Å². The molecule has 2 aromatic rings. The van der Waals surface area contributed by atoms with Gasteiger partial charge in [-0.05, 0) is 30.9 Å². The van der Waals surface area contributed by atoms with Crippen molar-refractivity contribution in [1.29, 1.82) is 0 Å². The predicted molar refractivity (Wildman–Crippen MR) is 85.1 cm³/mol. The number of aryl methyl sites for hydroxylation is 1. The second-order valence-corrected chi connectivity index (χ2v) is 5.76. The Morgan fingerprint density at radius 1 is 1.10 bits per heavy atom. The highest BCUT2D eigenvalue weighted by Crippen LogP contribution is 2.16. The van der Waals surface area contributed by atoms with Gasteiger partial charge in [0.2, 0.25) is 5.95 Å². The summed E-state index contributed by atoms with van der Waals surface area (Å²) in [4.78, 5) is 11.2. The van der Waals surface area contributed by atoms with E-state index in [1.165, 1.54) is 5.56 Å². The Balaban J connectivity index is 1.47. The molecule has 1 aromatic heterocycles. The first-order chi connectivity index (χ1) is 10.3. The van der Waals surface area contributed by atoms with Gasteiger partial charge in [-0.25, -0.2) is 9.97 Å². The number of aromatic nitrogens is 2. The molecule has 0 saturated carbocycles. The summed E-state index contributed by atoms with van der Waals surface area (Å²) in [5, 5.41) is 3.44. The predicted octanol–water partition coefficient (Wildman–Crippen LogP) is 2.86. The van der Waals surface area contributed by atoms with Gasteiger partial charge in [0.25, 0.3) is 0 Å². The first-order valence-corrected chi connectivity index (χ1v) is 7.61. The molecule has 0 unspecified atom stereocenters. The molecular formula is C17H22N4. The number of nitrogens with one attached hydrogen (secondary N) is 1. The zero-order valence-corrected chi connectivity index (χ0v) is 12.5. The molecule has 4 heteroatoms. The fourth-order valence-electron chi connectivity index (χ4n) is 2.73. The molecule has 110 valence electrons. The quantitative estimate of drug-likeness (QED) is 0.936. The standard InChI is InChI=1S/C17H22N4/c1-14-11-18-17(19-12-14)20-16-7-9-21(10-8-16)13-15-5-3-2-4-6-15/h2-6,11-12,16H,7-10,13H2,1H3,(H,18,19,20). The molecule has 0 atom stereocenters. The van der Waals surface area contributed by atoms with E-state index in [1.54, 1.807) is 0 Å². The third-order valence-electron chi connectivity index (χ3n) is 3.95. The van der Waals surface area contributed by atoms with Crippen LogP contribution in [0.2, 0.25) is 0 Å². The van der Waals surface area contributed by atoms with Crippen LogP contribution in [0.5, 0.6) is 0 Å². The van der Waals surface area contributed by atoms with Crippen molar-refractivity contribution < 1.29 is 0 Å². The first kappa shape index (κ1) is 14.0. The highest BCUT2D eigenvalue weighted by molar-refractivity contribution is 5.26. The van der Waals surface area contributed by atoms with Gasteiger partial charge in [0.15, 0.2) is 0 Å². The fraction of sp³-hybridized carbons (Fsp3) is 0.412. The van der Waals surface area contributed by atoms with Gasteiger partial charge in [0.1, 0.15) is 0 Å². The minimum absolute atomic E-state index is 0.486. The van der Waals surface area contributed by atoms with E-state index < -0.39 is 0 Å². The lowest BCUT2D eigenvalue weighted by atomic mass is 10.0. The topological polar surface area (TPSA) is 41.1 Å². The minimum atomic E-state index is 0.486. The number of hydrogen-bond acceptors (Lipinski definition) is 4. The van der Waals surface area contributed by atoms with Crippen molar-refractivity contribution in [3.8, 4) is 0 Å². The Bertz CT molecular complexity index is 545. The highest BCUT2D eigenvalue weighted by atomic mass is 15.2. The summed E-state index contributed by atoms with van der Waals surface area (Å²) in [6, 6.07) is 11.2. The number of nitrogens with zero attached hydrogens (tertiary/aromatic N) is 3. The van der Waals surface area contributed by atoms with Crippen LogP contribution in [0.25, 0.3) is 0 Å². The molecule has 1 aliphatic rings. The minimum Gasteiger partial charge on any atom is -0.351 e. The van der Waals surface area contributed by atoms with E-state index in [0.29, 0.717) is 6.04 Å². The van der Waals surface area contributed by atoms with Crippen LogP contribution in [-0.4, -0.2) is 34.0 Å². The molecular weight excluding hydrogens is 260 g/mol. The maximum absolute atomic E-state index is 4.32. The molecule has 0 radical (unpaired) electrons. The Morgan fingerprint density at radius 2 is 1.76 bits per heavy atom. The van der Waals surface area contributed by atoms with Crippen molar-refractivity contribution in [2.24, 2.45) is 0 Å². The van der Waals surface area contributed by atoms with Gasteiger partial charge in [-0.3, -0.25) is 4.90 Å².